The zero-order chi connectivity index (χ0) is 39.8. The summed E-state index contributed by atoms with van der Waals surface area (Å²) in [4.78, 5) is 14.9. The molecule has 1 spiro atoms. The van der Waals surface area contributed by atoms with Gasteiger partial charge in [0.15, 0.2) is 17.5 Å². The molecule has 4 heteroatoms. The fourth-order valence-electron chi connectivity index (χ4n) is 12.1. The van der Waals surface area contributed by atoms with Crippen LogP contribution in [0, 0.1) is 35.0 Å². The van der Waals surface area contributed by atoms with E-state index < -0.39 is 0 Å². The molecule has 0 unspecified atom stereocenters. The Morgan fingerprint density at radius 3 is 1.38 bits per heavy atom. The first-order valence-electron chi connectivity index (χ1n) is 21.5. The SMILES string of the molecule is N#Cc1cc(-c2ccc(-c3nc(-c4ccccc4)nc(-c4ccccc4)n3)cc2)c2c(c1)C1(c3c(-c4ccc(-c5ccccc5)cc4)cccc3-2)C2CC3CC(C2)CC1C3. The zero-order valence-electron chi connectivity index (χ0n) is 33.3. The van der Waals surface area contributed by atoms with Crippen LogP contribution in [0.25, 0.3) is 78.7 Å². The molecule has 60 heavy (non-hydrogen) atoms. The molecule has 4 saturated carbocycles. The molecule has 5 aliphatic rings. The van der Waals surface area contributed by atoms with Crippen molar-refractivity contribution in [3.63, 3.8) is 0 Å². The summed E-state index contributed by atoms with van der Waals surface area (Å²) in [6.45, 7) is 0. The standard InChI is InChI=1S/C56H42N4/c57-34-37-32-49(41-23-25-44(26-24-41)55-59-53(42-13-6-2-7-14-42)58-54(60-55)43-15-8-3-9-16-43)51-48-18-10-17-47(40-21-19-39(20-22-40)38-11-4-1-5-12-38)52(48)56(50(51)33-37)45-28-35-27-36(30-45)31-46(56)29-35/h1-26,32-33,35-36,45-46H,27-31H2. The van der Waals surface area contributed by atoms with Crippen molar-refractivity contribution >= 4 is 0 Å². The summed E-state index contributed by atoms with van der Waals surface area (Å²) in [6.07, 6.45) is 6.49. The number of nitriles is 1. The van der Waals surface area contributed by atoms with E-state index in [9.17, 15) is 5.26 Å². The number of nitrogens with zero attached hydrogens (tertiary/aromatic N) is 4. The van der Waals surface area contributed by atoms with Gasteiger partial charge < -0.3 is 0 Å². The number of hydrogen-bond donors (Lipinski definition) is 0. The lowest BCUT2D eigenvalue weighted by molar-refractivity contribution is -0.0397. The first-order chi connectivity index (χ1) is 29.6. The summed E-state index contributed by atoms with van der Waals surface area (Å²) in [7, 11) is 0. The highest BCUT2D eigenvalue weighted by Gasteiger charge is 2.62. The Hall–Kier alpha value is -6.96. The summed E-state index contributed by atoms with van der Waals surface area (Å²) in [5.41, 5.74) is 16.2. The Labute approximate surface area is 351 Å². The second kappa shape index (κ2) is 13.8. The molecule has 0 atom stereocenters. The molecular formula is C56H42N4. The zero-order valence-corrected chi connectivity index (χ0v) is 33.3. The third kappa shape index (κ3) is 5.46. The van der Waals surface area contributed by atoms with Crippen LogP contribution < -0.4 is 0 Å². The second-order valence-electron chi connectivity index (χ2n) is 17.5. The maximum Gasteiger partial charge on any atom is 0.164 e. The average molecular weight is 771 g/mol. The Bertz CT molecular complexity index is 2880. The van der Waals surface area contributed by atoms with E-state index in [1.807, 2.05) is 60.7 Å². The Balaban J connectivity index is 1.02. The van der Waals surface area contributed by atoms with Gasteiger partial charge in [-0.25, -0.2) is 15.0 Å². The summed E-state index contributed by atoms with van der Waals surface area (Å²) in [5, 5.41) is 10.7. The highest BCUT2D eigenvalue weighted by atomic mass is 15.0. The molecule has 286 valence electrons. The topological polar surface area (TPSA) is 62.5 Å². The number of benzene rings is 7. The van der Waals surface area contributed by atoms with Gasteiger partial charge >= 0.3 is 0 Å². The Morgan fingerprint density at radius 1 is 0.417 bits per heavy atom. The molecule has 13 rings (SSSR count). The van der Waals surface area contributed by atoms with Crippen LogP contribution in [0.15, 0.2) is 170 Å². The molecule has 0 aliphatic heterocycles. The molecule has 4 fully saturated rings. The summed E-state index contributed by atoms with van der Waals surface area (Å²) < 4.78 is 0. The molecule has 0 N–H and O–H groups in total. The highest BCUT2D eigenvalue weighted by molar-refractivity contribution is 5.97. The first-order valence-corrected chi connectivity index (χ1v) is 21.5. The fraction of sp³-hybridized carbons (Fsp3) is 0.179. The maximum absolute atomic E-state index is 10.7. The van der Waals surface area contributed by atoms with E-state index in [0.717, 1.165) is 45.2 Å². The van der Waals surface area contributed by atoms with Crippen molar-refractivity contribution in [3.8, 4) is 84.7 Å². The summed E-state index contributed by atoms with van der Waals surface area (Å²) in [5.74, 6) is 4.67. The van der Waals surface area contributed by atoms with Crippen LogP contribution in [0.5, 0.6) is 0 Å². The molecule has 5 aliphatic carbocycles. The third-order valence-electron chi connectivity index (χ3n) is 14.3. The van der Waals surface area contributed by atoms with Gasteiger partial charge in [0.2, 0.25) is 0 Å². The van der Waals surface area contributed by atoms with E-state index in [0.29, 0.717) is 29.3 Å². The van der Waals surface area contributed by atoms with Gasteiger partial charge in [-0.15, -0.1) is 0 Å². The van der Waals surface area contributed by atoms with Gasteiger partial charge in [-0.2, -0.15) is 5.26 Å². The molecule has 4 bridgehead atoms. The summed E-state index contributed by atoms with van der Waals surface area (Å²) in [6, 6.07) is 62.9. The van der Waals surface area contributed by atoms with Gasteiger partial charge in [-0.1, -0.05) is 158 Å². The van der Waals surface area contributed by atoms with Crippen LogP contribution in [-0.2, 0) is 5.41 Å². The minimum Gasteiger partial charge on any atom is -0.208 e. The molecule has 0 amide bonds. The Morgan fingerprint density at radius 2 is 0.850 bits per heavy atom. The smallest absolute Gasteiger partial charge is 0.164 e. The molecular weight excluding hydrogens is 729 g/mol. The van der Waals surface area contributed by atoms with Crippen LogP contribution in [0.1, 0.15) is 48.8 Å². The minimum absolute atomic E-state index is 0.124. The number of fused-ring (bicyclic) bond motifs is 3. The lowest BCUT2D eigenvalue weighted by atomic mass is 9.42. The molecule has 7 aromatic carbocycles. The van der Waals surface area contributed by atoms with Crippen molar-refractivity contribution in [2.45, 2.75) is 37.5 Å². The predicted molar refractivity (Wildman–Crippen MR) is 240 cm³/mol. The van der Waals surface area contributed by atoms with Crippen molar-refractivity contribution in [2.24, 2.45) is 23.7 Å². The van der Waals surface area contributed by atoms with Crippen LogP contribution in [0.4, 0.5) is 0 Å². The molecule has 1 aromatic heterocycles. The van der Waals surface area contributed by atoms with Crippen LogP contribution in [-0.4, -0.2) is 15.0 Å². The van der Waals surface area contributed by atoms with Crippen LogP contribution >= 0.6 is 0 Å². The lowest BCUT2D eigenvalue weighted by Crippen LogP contribution is -2.55. The van der Waals surface area contributed by atoms with Crippen LogP contribution in [0.3, 0.4) is 0 Å². The highest BCUT2D eigenvalue weighted by Crippen LogP contribution is 2.71. The normalized spacial score (nSPS) is 21.7. The van der Waals surface area contributed by atoms with Gasteiger partial charge in [0.1, 0.15) is 0 Å². The van der Waals surface area contributed by atoms with E-state index in [4.69, 9.17) is 15.0 Å². The average Bonchev–Trinajstić information content (AvgIpc) is 3.62. The number of rotatable bonds is 6. The van der Waals surface area contributed by atoms with Crippen molar-refractivity contribution in [2.75, 3.05) is 0 Å². The molecule has 4 nitrogen and oxygen atoms in total. The minimum atomic E-state index is -0.124. The van der Waals surface area contributed by atoms with Gasteiger partial charge in [-0.05, 0) is 124 Å². The first kappa shape index (κ1) is 35.0. The van der Waals surface area contributed by atoms with Crippen molar-refractivity contribution in [1.82, 2.24) is 15.0 Å². The van der Waals surface area contributed by atoms with E-state index in [1.165, 1.54) is 76.6 Å². The quantitative estimate of drug-likeness (QED) is 0.169. The van der Waals surface area contributed by atoms with Crippen molar-refractivity contribution < 1.29 is 0 Å². The van der Waals surface area contributed by atoms with Gasteiger partial charge in [0, 0.05) is 22.1 Å². The van der Waals surface area contributed by atoms with Gasteiger partial charge in [0.25, 0.3) is 0 Å². The Kier molecular flexibility index (Phi) is 8.07. The second-order valence-corrected chi connectivity index (χ2v) is 17.5. The molecule has 0 saturated heterocycles. The predicted octanol–water partition coefficient (Wildman–Crippen LogP) is 13.5. The van der Waals surface area contributed by atoms with Gasteiger partial charge in [-0.3, -0.25) is 0 Å². The summed E-state index contributed by atoms with van der Waals surface area (Å²) >= 11 is 0. The lowest BCUT2D eigenvalue weighted by Gasteiger charge is -2.61. The van der Waals surface area contributed by atoms with Gasteiger partial charge in [0.05, 0.1) is 11.6 Å². The molecule has 8 aromatic rings. The van der Waals surface area contributed by atoms with E-state index in [2.05, 4.69) is 115 Å². The van der Waals surface area contributed by atoms with Crippen molar-refractivity contribution in [3.05, 3.63) is 187 Å². The van der Waals surface area contributed by atoms with E-state index in [1.54, 1.807) is 0 Å². The molecule has 0 radical (unpaired) electrons. The monoisotopic (exact) mass is 770 g/mol. The third-order valence-corrected chi connectivity index (χ3v) is 14.3. The van der Waals surface area contributed by atoms with E-state index >= 15 is 0 Å². The number of hydrogen-bond acceptors (Lipinski definition) is 4. The number of aromatic nitrogens is 3. The molecule has 1 heterocycles. The maximum atomic E-state index is 10.7. The van der Waals surface area contributed by atoms with E-state index in [-0.39, 0.29) is 5.41 Å². The van der Waals surface area contributed by atoms with Crippen molar-refractivity contribution in [1.29, 1.82) is 5.26 Å². The largest absolute Gasteiger partial charge is 0.208 e. The van der Waals surface area contributed by atoms with Crippen LogP contribution in [0.2, 0.25) is 0 Å². The fourth-order valence-corrected chi connectivity index (χ4v) is 12.1.